The van der Waals surface area contributed by atoms with Crippen molar-refractivity contribution in [1.29, 1.82) is 0 Å². The summed E-state index contributed by atoms with van der Waals surface area (Å²) < 4.78 is 0. The molecule has 0 spiro atoms. The number of anilines is 1. The van der Waals surface area contributed by atoms with Crippen molar-refractivity contribution in [3.63, 3.8) is 0 Å². The summed E-state index contributed by atoms with van der Waals surface area (Å²) in [6, 6.07) is 2.90. The molecule has 3 heterocycles. The van der Waals surface area contributed by atoms with Gasteiger partial charge in [-0.2, -0.15) is 0 Å². The summed E-state index contributed by atoms with van der Waals surface area (Å²) in [7, 11) is 0. The highest BCUT2D eigenvalue weighted by Gasteiger charge is 2.25. The van der Waals surface area contributed by atoms with Crippen LogP contribution in [0.3, 0.4) is 0 Å². The summed E-state index contributed by atoms with van der Waals surface area (Å²) in [5.74, 6) is -0.133. The highest BCUT2D eigenvalue weighted by molar-refractivity contribution is 7.17. The Morgan fingerprint density at radius 3 is 2.62 bits per heavy atom. The van der Waals surface area contributed by atoms with Gasteiger partial charge in [0.25, 0.3) is 5.91 Å². The minimum Gasteiger partial charge on any atom is -0.345 e. The zero-order chi connectivity index (χ0) is 14.8. The van der Waals surface area contributed by atoms with Crippen molar-refractivity contribution in [2.75, 3.05) is 31.1 Å². The van der Waals surface area contributed by atoms with Crippen LogP contribution in [0.15, 0.2) is 23.7 Å². The van der Waals surface area contributed by atoms with Crippen LogP contribution >= 0.6 is 22.7 Å². The number of rotatable bonds is 3. The second-order valence-corrected chi connectivity index (χ2v) is 6.42. The van der Waals surface area contributed by atoms with Gasteiger partial charge in [-0.3, -0.25) is 14.9 Å². The fraction of sp³-hybridized carbons (Fsp3) is 0.333. The predicted octanol–water partition coefficient (Wildman–Crippen LogP) is 2.08. The molecule has 7 nitrogen and oxygen atoms in total. The van der Waals surface area contributed by atoms with Crippen LogP contribution in [0.4, 0.5) is 10.1 Å². The minimum atomic E-state index is -0.470. The molecule has 1 amide bonds. The summed E-state index contributed by atoms with van der Waals surface area (Å²) in [6.45, 7) is 2.66. The SMILES string of the molecule is O=C(c1ccc([N+](=O)[O-])s1)N1CCN(c2nccs2)CC1. The first-order chi connectivity index (χ1) is 10.1. The van der Waals surface area contributed by atoms with Gasteiger partial charge in [0, 0.05) is 43.8 Å². The number of carbonyl (C=O) groups is 1. The van der Waals surface area contributed by atoms with E-state index in [0.717, 1.165) is 29.6 Å². The first-order valence-corrected chi connectivity index (χ1v) is 8.03. The summed E-state index contributed by atoms with van der Waals surface area (Å²) in [5.41, 5.74) is 0. The summed E-state index contributed by atoms with van der Waals surface area (Å²) in [6.07, 6.45) is 1.77. The molecule has 0 saturated carbocycles. The van der Waals surface area contributed by atoms with Crippen molar-refractivity contribution in [1.82, 2.24) is 9.88 Å². The van der Waals surface area contributed by atoms with Gasteiger partial charge < -0.3 is 9.80 Å². The standard InChI is InChI=1S/C12H12N4O3S2/c17-11(9-1-2-10(21-9)16(18)19)14-4-6-15(7-5-14)12-13-3-8-20-12/h1-3,8H,4-7H2. The molecule has 110 valence electrons. The number of aromatic nitrogens is 1. The topological polar surface area (TPSA) is 79.6 Å². The zero-order valence-corrected chi connectivity index (χ0v) is 12.6. The molecule has 0 radical (unpaired) electrons. The largest absolute Gasteiger partial charge is 0.345 e. The van der Waals surface area contributed by atoms with E-state index in [0.29, 0.717) is 18.0 Å². The molecule has 2 aromatic rings. The van der Waals surface area contributed by atoms with Crippen molar-refractivity contribution < 1.29 is 9.72 Å². The van der Waals surface area contributed by atoms with E-state index in [-0.39, 0.29) is 10.9 Å². The molecule has 0 aliphatic carbocycles. The first kappa shape index (κ1) is 14.0. The van der Waals surface area contributed by atoms with Crippen molar-refractivity contribution in [3.05, 3.63) is 38.7 Å². The molecule has 0 bridgehead atoms. The number of hydrogen-bond donors (Lipinski definition) is 0. The van der Waals surface area contributed by atoms with Crippen LogP contribution in [0.25, 0.3) is 0 Å². The van der Waals surface area contributed by atoms with E-state index in [1.807, 2.05) is 5.38 Å². The molecule has 0 aromatic carbocycles. The third-order valence-corrected chi connectivity index (χ3v) is 5.10. The molecule has 0 N–H and O–H groups in total. The first-order valence-electron chi connectivity index (χ1n) is 6.33. The number of carbonyl (C=O) groups excluding carboxylic acids is 1. The number of amides is 1. The van der Waals surface area contributed by atoms with Gasteiger partial charge in [0.1, 0.15) is 0 Å². The number of thiophene rings is 1. The van der Waals surface area contributed by atoms with E-state index in [2.05, 4.69) is 9.88 Å². The molecule has 1 aliphatic heterocycles. The third kappa shape index (κ3) is 2.88. The number of hydrogen-bond acceptors (Lipinski definition) is 7. The monoisotopic (exact) mass is 324 g/mol. The quantitative estimate of drug-likeness (QED) is 0.638. The second-order valence-electron chi connectivity index (χ2n) is 4.49. The highest BCUT2D eigenvalue weighted by Crippen LogP contribution is 2.26. The minimum absolute atomic E-state index is 0.000212. The number of thiazole rings is 1. The fourth-order valence-electron chi connectivity index (χ4n) is 2.17. The van der Waals surface area contributed by atoms with Crippen LogP contribution in [0.5, 0.6) is 0 Å². The van der Waals surface area contributed by atoms with Gasteiger partial charge in [0.2, 0.25) is 0 Å². The molecular formula is C12H12N4O3S2. The lowest BCUT2D eigenvalue weighted by atomic mass is 10.3. The van der Waals surface area contributed by atoms with E-state index in [1.165, 1.54) is 12.1 Å². The molecule has 1 aliphatic rings. The van der Waals surface area contributed by atoms with Crippen molar-refractivity contribution in [3.8, 4) is 0 Å². The van der Waals surface area contributed by atoms with E-state index in [4.69, 9.17) is 0 Å². The van der Waals surface area contributed by atoms with E-state index in [1.54, 1.807) is 22.4 Å². The maximum atomic E-state index is 12.3. The molecular weight excluding hydrogens is 312 g/mol. The lowest BCUT2D eigenvalue weighted by Crippen LogP contribution is -2.48. The van der Waals surface area contributed by atoms with Gasteiger partial charge in [-0.25, -0.2) is 4.98 Å². The molecule has 0 atom stereocenters. The predicted molar refractivity (Wildman–Crippen MR) is 81.2 cm³/mol. The molecule has 1 saturated heterocycles. The molecule has 3 rings (SSSR count). The van der Waals surface area contributed by atoms with Gasteiger partial charge in [-0.05, 0) is 6.07 Å². The lowest BCUT2D eigenvalue weighted by Gasteiger charge is -2.34. The number of nitro groups is 1. The summed E-state index contributed by atoms with van der Waals surface area (Å²) in [5, 5.41) is 13.6. The van der Waals surface area contributed by atoms with Crippen LogP contribution < -0.4 is 4.90 Å². The Labute approximate surface area is 128 Å². The van der Waals surface area contributed by atoms with Crippen molar-refractivity contribution in [2.24, 2.45) is 0 Å². The Kier molecular flexibility index (Phi) is 3.84. The van der Waals surface area contributed by atoms with Crippen LogP contribution in [-0.4, -0.2) is 46.9 Å². The molecule has 9 heteroatoms. The zero-order valence-electron chi connectivity index (χ0n) is 11.0. The Morgan fingerprint density at radius 2 is 2.05 bits per heavy atom. The molecule has 21 heavy (non-hydrogen) atoms. The summed E-state index contributed by atoms with van der Waals surface area (Å²) in [4.78, 5) is 31.1. The maximum Gasteiger partial charge on any atom is 0.324 e. The van der Waals surface area contributed by atoms with Crippen LogP contribution in [0, 0.1) is 10.1 Å². The van der Waals surface area contributed by atoms with Gasteiger partial charge in [-0.15, -0.1) is 11.3 Å². The van der Waals surface area contributed by atoms with Crippen LogP contribution in [0.1, 0.15) is 9.67 Å². The van der Waals surface area contributed by atoms with Gasteiger partial charge >= 0.3 is 5.00 Å². The Balaban J connectivity index is 1.63. The lowest BCUT2D eigenvalue weighted by molar-refractivity contribution is -0.380. The smallest absolute Gasteiger partial charge is 0.324 e. The van der Waals surface area contributed by atoms with E-state index < -0.39 is 4.92 Å². The van der Waals surface area contributed by atoms with E-state index >= 15 is 0 Å². The maximum absolute atomic E-state index is 12.3. The average Bonchev–Trinajstić information content (AvgIpc) is 3.18. The normalized spacial score (nSPS) is 15.2. The average molecular weight is 324 g/mol. The molecule has 0 unspecified atom stereocenters. The number of nitrogens with zero attached hydrogens (tertiary/aromatic N) is 4. The Hall–Kier alpha value is -2.00. The van der Waals surface area contributed by atoms with Crippen molar-refractivity contribution in [2.45, 2.75) is 0 Å². The van der Waals surface area contributed by atoms with Crippen molar-refractivity contribution >= 4 is 38.7 Å². The molecule has 2 aromatic heterocycles. The Morgan fingerprint density at radius 1 is 1.29 bits per heavy atom. The van der Waals surface area contributed by atoms with Crippen LogP contribution in [-0.2, 0) is 0 Å². The van der Waals surface area contributed by atoms with E-state index in [9.17, 15) is 14.9 Å². The van der Waals surface area contributed by atoms with Crippen LogP contribution in [0.2, 0.25) is 0 Å². The highest BCUT2D eigenvalue weighted by atomic mass is 32.1. The molecule has 1 fully saturated rings. The fourth-order valence-corrected chi connectivity index (χ4v) is 3.65. The second kappa shape index (κ2) is 5.78. The van der Waals surface area contributed by atoms with Gasteiger partial charge in [0.05, 0.1) is 9.80 Å². The Bertz CT molecular complexity index is 647. The third-order valence-electron chi connectivity index (χ3n) is 3.24. The number of piperazine rings is 1. The van der Waals surface area contributed by atoms with Gasteiger partial charge in [-0.1, -0.05) is 11.3 Å². The van der Waals surface area contributed by atoms with Gasteiger partial charge in [0.15, 0.2) is 5.13 Å². The summed E-state index contributed by atoms with van der Waals surface area (Å²) >= 11 is 2.51.